The maximum Gasteiger partial charge on any atom is 0.338 e. The van der Waals surface area contributed by atoms with Gasteiger partial charge in [0.05, 0.1) is 11.1 Å². The smallest absolute Gasteiger partial charge is 0.338 e. The van der Waals surface area contributed by atoms with E-state index < -0.39 is 35.5 Å². The molecule has 0 heterocycles. The third-order valence-corrected chi connectivity index (χ3v) is 6.97. The number of halogens is 2. The molecule has 3 aliphatic carbocycles. The summed E-state index contributed by atoms with van der Waals surface area (Å²) in [4.78, 5) is 26.2. The summed E-state index contributed by atoms with van der Waals surface area (Å²) >= 11 is 0. The van der Waals surface area contributed by atoms with Crippen molar-refractivity contribution in [2.45, 2.75) is 23.5 Å². The molecular formula is C30H20F2O4. The van der Waals surface area contributed by atoms with Crippen LogP contribution in [0.1, 0.15) is 43.0 Å². The predicted octanol–water partition coefficient (Wildman–Crippen LogP) is 5.89. The molecule has 0 radical (unpaired) electrons. The molecule has 4 aromatic rings. The topological polar surface area (TPSA) is 52.6 Å². The lowest BCUT2D eigenvalue weighted by Gasteiger charge is -2.54. The molecule has 2 atom stereocenters. The van der Waals surface area contributed by atoms with Crippen LogP contribution in [-0.4, -0.2) is 24.1 Å². The Morgan fingerprint density at radius 1 is 0.500 bits per heavy atom. The van der Waals surface area contributed by atoms with E-state index in [1.54, 1.807) is 60.7 Å². The molecule has 3 aliphatic rings. The van der Waals surface area contributed by atoms with E-state index in [1.807, 2.05) is 0 Å². The lowest BCUT2D eigenvalue weighted by Crippen LogP contribution is -2.65. The van der Waals surface area contributed by atoms with Crippen LogP contribution < -0.4 is 0 Å². The van der Waals surface area contributed by atoms with Crippen molar-refractivity contribution < 1.29 is 27.8 Å². The van der Waals surface area contributed by atoms with Crippen molar-refractivity contribution in [3.05, 3.63) is 143 Å². The summed E-state index contributed by atoms with van der Waals surface area (Å²) in [5.74, 6) is -1.69. The van der Waals surface area contributed by atoms with Crippen molar-refractivity contribution >= 4 is 11.9 Å². The van der Waals surface area contributed by atoms with Crippen LogP contribution in [0.3, 0.4) is 0 Å². The Bertz CT molecular complexity index is 1310. The molecule has 0 spiro atoms. The average molecular weight is 482 g/mol. The average Bonchev–Trinajstić information content (AvgIpc) is 2.93. The summed E-state index contributed by atoms with van der Waals surface area (Å²) < 4.78 is 46.4. The van der Waals surface area contributed by atoms with Gasteiger partial charge in [0, 0.05) is 22.3 Å². The molecule has 0 aliphatic heterocycles. The van der Waals surface area contributed by atoms with Gasteiger partial charge in [0.25, 0.3) is 0 Å². The Morgan fingerprint density at radius 3 is 1.08 bits per heavy atom. The number of hydrogen-bond acceptors (Lipinski definition) is 4. The molecule has 0 saturated carbocycles. The summed E-state index contributed by atoms with van der Waals surface area (Å²) in [6.07, 6.45) is -3.54. The zero-order valence-electron chi connectivity index (χ0n) is 18.9. The minimum atomic E-state index is -2.45. The van der Waals surface area contributed by atoms with Gasteiger partial charge in [0.15, 0.2) is 12.2 Å². The molecule has 0 aromatic heterocycles. The fourth-order valence-electron chi connectivity index (χ4n) is 5.36. The van der Waals surface area contributed by atoms with Crippen LogP contribution in [0.5, 0.6) is 0 Å². The minimum absolute atomic E-state index is 0.0454. The predicted molar refractivity (Wildman–Crippen MR) is 128 cm³/mol. The van der Waals surface area contributed by atoms with Gasteiger partial charge < -0.3 is 9.47 Å². The number of esters is 2. The highest BCUT2D eigenvalue weighted by Crippen LogP contribution is 2.62. The second kappa shape index (κ2) is 8.12. The number of ether oxygens (including phenoxy) is 2. The first-order valence-electron chi connectivity index (χ1n) is 11.6. The molecule has 0 amide bonds. The quantitative estimate of drug-likeness (QED) is 0.341. The summed E-state index contributed by atoms with van der Waals surface area (Å²) in [5.41, 5.74) is -4.38. The number of benzene rings is 4. The van der Waals surface area contributed by atoms with Crippen LogP contribution in [0.4, 0.5) is 8.78 Å². The molecule has 0 saturated heterocycles. The highest BCUT2D eigenvalue weighted by atomic mass is 19.2. The Morgan fingerprint density at radius 2 is 0.778 bits per heavy atom. The molecule has 178 valence electrons. The van der Waals surface area contributed by atoms with E-state index in [-0.39, 0.29) is 33.4 Å². The molecular weight excluding hydrogens is 462 g/mol. The maximum absolute atomic E-state index is 17.5. The number of fused-ring (bicyclic) bond motifs is 1. The van der Waals surface area contributed by atoms with Crippen LogP contribution >= 0.6 is 0 Å². The first-order chi connectivity index (χ1) is 17.5. The zero-order chi connectivity index (χ0) is 24.9. The van der Waals surface area contributed by atoms with Crippen LogP contribution in [0, 0.1) is 0 Å². The molecule has 6 heteroatoms. The van der Waals surface area contributed by atoms with Gasteiger partial charge in [0.2, 0.25) is 11.3 Å². The van der Waals surface area contributed by atoms with Gasteiger partial charge in [-0.3, -0.25) is 0 Å². The Hall–Kier alpha value is -4.32. The Labute approximate surface area is 206 Å². The molecule has 0 N–H and O–H groups in total. The van der Waals surface area contributed by atoms with Gasteiger partial charge in [0.1, 0.15) is 0 Å². The highest BCUT2D eigenvalue weighted by Gasteiger charge is 2.71. The molecule has 4 nitrogen and oxygen atoms in total. The number of carbonyl (C=O) groups excluding carboxylic acids is 2. The fraction of sp³-hybridized carbons (Fsp3) is 0.133. The minimum Gasteiger partial charge on any atom is -0.450 e. The van der Waals surface area contributed by atoms with Crippen molar-refractivity contribution in [2.75, 3.05) is 0 Å². The van der Waals surface area contributed by atoms with Crippen molar-refractivity contribution in [3.8, 4) is 0 Å². The third-order valence-electron chi connectivity index (χ3n) is 6.97. The number of alkyl halides is 2. The van der Waals surface area contributed by atoms with Gasteiger partial charge in [-0.15, -0.1) is 0 Å². The van der Waals surface area contributed by atoms with Crippen LogP contribution in [-0.2, 0) is 20.8 Å². The van der Waals surface area contributed by atoms with E-state index in [0.717, 1.165) is 0 Å². The second-order valence-electron chi connectivity index (χ2n) is 8.90. The van der Waals surface area contributed by atoms with Gasteiger partial charge in [-0.05, 0) is 24.3 Å². The Balaban J connectivity index is 1.54. The van der Waals surface area contributed by atoms with Crippen LogP contribution in [0.2, 0.25) is 0 Å². The van der Waals surface area contributed by atoms with Crippen LogP contribution in [0.25, 0.3) is 0 Å². The van der Waals surface area contributed by atoms with E-state index in [9.17, 15) is 9.59 Å². The van der Waals surface area contributed by atoms with E-state index in [2.05, 4.69) is 0 Å². The summed E-state index contributed by atoms with van der Waals surface area (Å²) in [7, 11) is 0. The van der Waals surface area contributed by atoms with Gasteiger partial charge in [-0.25, -0.2) is 18.4 Å². The van der Waals surface area contributed by atoms with E-state index >= 15 is 8.78 Å². The highest BCUT2D eigenvalue weighted by molar-refractivity contribution is 5.91. The number of rotatable bonds is 4. The summed E-state index contributed by atoms with van der Waals surface area (Å²) in [6.45, 7) is 0. The maximum atomic E-state index is 17.5. The lowest BCUT2D eigenvalue weighted by atomic mass is 9.57. The first-order valence-corrected chi connectivity index (χ1v) is 11.6. The lowest BCUT2D eigenvalue weighted by molar-refractivity contribution is -0.155. The Kier molecular flexibility index (Phi) is 5.00. The SMILES string of the molecule is O=C(OC1C(OC(=O)c2ccccc2)C2(F)c3ccccc3C1(F)c1ccccc12)c1ccccc1. The number of hydrogen-bond donors (Lipinski definition) is 0. The zero-order valence-corrected chi connectivity index (χ0v) is 18.9. The van der Waals surface area contributed by atoms with Crippen molar-refractivity contribution in [1.82, 2.24) is 0 Å². The first kappa shape index (κ1) is 22.2. The second-order valence-corrected chi connectivity index (χ2v) is 8.90. The van der Waals surface area contributed by atoms with Crippen molar-refractivity contribution in [1.29, 1.82) is 0 Å². The van der Waals surface area contributed by atoms with Crippen molar-refractivity contribution in [2.24, 2.45) is 0 Å². The molecule has 36 heavy (non-hydrogen) atoms. The molecule has 2 bridgehead atoms. The van der Waals surface area contributed by atoms with Gasteiger partial charge in [-0.2, -0.15) is 0 Å². The fourth-order valence-corrected chi connectivity index (χ4v) is 5.36. The largest absolute Gasteiger partial charge is 0.450 e. The monoisotopic (exact) mass is 482 g/mol. The van der Waals surface area contributed by atoms with Crippen molar-refractivity contribution in [3.63, 3.8) is 0 Å². The standard InChI is InChI=1S/C30H20F2O4/c31-29-21-15-7-9-17-23(21)30(32,24-18-10-8-16-22(24)29)26(36-28(34)20-13-5-2-6-14-20)25(29)35-27(33)19-11-3-1-4-12-19/h1-18,25-26H. The summed E-state index contributed by atoms with van der Waals surface area (Å²) in [6, 6.07) is 28.5. The summed E-state index contributed by atoms with van der Waals surface area (Å²) in [5, 5.41) is 0. The molecule has 4 aromatic carbocycles. The molecule has 7 rings (SSSR count). The van der Waals surface area contributed by atoms with Gasteiger partial charge >= 0.3 is 11.9 Å². The molecule has 0 fully saturated rings. The van der Waals surface area contributed by atoms with Gasteiger partial charge in [-0.1, -0.05) is 84.9 Å². The van der Waals surface area contributed by atoms with E-state index in [1.165, 1.54) is 48.5 Å². The van der Waals surface area contributed by atoms with E-state index in [0.29, 0.717) is 0 Å². The van der Waals surface area contributed by atoms with E-state index in [4.69, 9.17) is 9.47 Å². The number of carbonyl (C=O) groups is 2. The normalized spacial score (nSPS) is 25.4. The van der Waals surface area contributed by atoms with Crippen LogP contribution in [0.15, 0.2) is 109 Å². The molecule has 2 unspecified atom stereocenters. The third kappa shape index (κ3) is 3.04.